The summed E-state index contributed by atoms with van der Waals surface area (Å²) in [6, 6.07) is 5.56. The van der Waals surface area contributed by atoms with Crippen LogP contribution in [0.1, 0.15) is 82.2 Å². The lowest BCUT2D eigenvalue weighted by Gasteiger charge is -2.67. The summed E-state index contributed by atoms with van der Waals surface area (Å²) in [5.41, 5.74) is 11.6. The molecular weight excluding hydrogens is 779 g/mol. The molecule has 0 amide bonds. The van der Waals surface area contributed by atoms with Crippen LogP contribution in [0.3, 0.4) is 0 Å². The van der Waals surface area contributed by atoms with Crippen LogP contribution in [0.5, 0.6) is 34.5 Å². The Hall–Kier alpha value is -4.71. The summed E-state index contributed by atoms with van der Waals surface area (Å²) in [6.45, 7) is 7.36. The Labute approximate surface area is 344 Å². The minimum atomic E-state index is -1.39. The van der Waals surface area contributed by atoms with Gasteiger partial charge in [0.1, 0.15) is 24.3 Å². The number of aliphatic hydroxyl groups is 1. The van der Waals surface area contributed by atoms with Crippen LogP contribution in [0.15, 0.2) is 24.3 Å². The van der Waals surface area contributed by atoms with E-state index in [1.54, 1.807) is 14.2 Å². The van der Waals surface area contributed by atoms with Gasteiger partial charge in [0.05, 0.1) is 43.3 Å². The van der Waals surface area contributed by atoms with Crippen molar-refractivity contribution in [2.24, 2.45) is 5.73 Å². The van der Waals surface area contributed by atoms with Gasteiger partial charge in [-0.25, -0.2) is 4.79 Å². The lowest BCUT2D eigenvalue weighted by Crippen LogP contribution is -2.75. The first-order valence-electron chi connectivity index (χ1n) is 20.1. The van der Waals surface area contributed by atoms with Gasteiger partial charge in [0.25, 0.3) is 0 Å². The van der Waals surface area contributed by atoms with Gasteiger partial charge in [0.2, 0.25) is 6.79 Å². The van der Waals surface area contributed by atoms with Gasteiger partial charge in [-0.3, -0.25) is 19.9 Å². The zero-order valence-electron chi connectivity index (χ0n) is 33.6. The van der Waals surface area contributed by atoms with Gasteiger partial charge in [-0.15, -0.1) is 11.8 Å². The number of nitrogens with one attached hydrogen (secondary N) is 2. The van der Waals surface area contributed by atoms with E-state index in [1.807, 2.05) is 32.0 Å². The van der Waals surface area contributed by atoms with E-state index in [0.717, 1.165) is 33.2 Å². The number of phenols is 1. The Bertz CT molecular complexity index is 2530. The molecule has 0 aliphatic carbocycles. The van der Waals surface area contributed by atoms with E-state index in [2.05, 4.69) is 33.1 Å². The van der Waals surface area contributed by atoms with E-state index in [4.69, 9.17) is 34.2 Å². The van der Waals surface area contributed by atoms with Crippen LogP contribution in [-0.4, -0.2) is 101 Å². The van der Waals surface area contributed by atoms with Gasteiger partial charge in [-0.1, -0.05) is 0 Å². The maximum Gasteiger partial charge on any atom is 0.333 e. The number of fused-ring (bicyclic) bond motifs is 10. The largest absolute Gasteiger partial charge is 0.504 e. The fourth-order valence-electron chi connectivity index (χ4n) is 11.9. The molecule has 3 aromatic carbocycles. The fraction of sp³-hybridized carbons (Fsp3) is 0.488. The number of aromatic amines is 1. The SMILES string of the molecule is COc1ccc2[nH]c3c(c2c1)C[C@@H](CN)N[C@]31CS[C@@H]2c3c(OC(C)=O)c(C)c4c(c3[C@H](COC1=O)N1[C@@H]2[C@H]2c3c(cc(C)c(OC)c3O)[C@@]3(C)C[C@@H]([C@@H]1O)N23)OCO4. The molecule has 1 spiro atoms. The maximum absolute atomic E-state index is 15.1. The van der Waals surface area contributed by atoms with Crippen LogP contribution in [0.2, 0.25) is 0 Å². The van der Waals surface area contributed by atoms with E-state index in [0.29, 0.717) is 64.0 Å². The summed E-state index contributed by atoms with van der Waals surface area (Å²) in [6.07, 6.45) is 0.206. The number of aliphatic hydroxyl groups excluding tert-OH is 1. The second-order valence-electron chi connectivity index (χ2n) is 17.1. The standard InChI is InChI=1S/C43H47N5O10S/c1-17-9-24-28(33(50)34(17)54-6)31-32-38-30-29(37-36(56-16-57-37)18(2)35(30)58-19(3)49)27(47(32)40(51)26-12-42(24,4)48(26)31)14-55-41(52)43(15-59-38)39-23(10-20(13-44)46-43)22-11-21(53-5)7-8-25(22)45-39/h7-9,11,20,26-27,31-32,38,40,45-46,50-51H,10,12-16,44H2,1-6H3/t20-,26-,27-,31+,32+,38+,40-,42+,43+/m0/s1. The number of aromatic hydroxyl groups is 1. The molecule has 16 heteroatoms. The third-order valence-corrected chi connectivity index (χ3v) is 15.7. The molecule has 2 bridgehead atoms. The number of hydrogen-bond donors (Lipinski definition) is 5. The number of piperazine rings is 1. The number of thioether (sulfide) groups is 1. The number of carbonyl (C=O) groups excluding carboxylic acids is 2. The minimum absolute atomic E-state index is 0.0539. The highest BCUT2D eigenvalue weighted by molar-refractivity contribution is 7.99. The van der Waals surface area contributed by atoms with Gasteiger partial charge in [0.15, 0.2) is 28.5 Å². The molecule has 0 unspecified atom stereocenters. The zero-order chi connectivity index (χ0) is 41.0. The van der Waals surface area contributed by atoms with Crippen molar-refractivity contribution in [3.8, 4) is 34.5 Å². The highest BCUT2D eigenvalue weighted by Gasteiger charge is 2.71. The smallest absolute Gasteiger partial charge is 0.333 e. The molecule has 3 saturated heterocycles. The van der Waals surface area contributed by atoms with Gasteiger partial charge < -0.3 is 49.4 Å². The molecule has 3 fully saturated rings. The van der Waals surface area contributed by atoms with Crippen molar-refractivity contribution in [2.75, 3.05) is 39.9 Å². The molecule has 0 radical (unpaired) electrons. The molecule has 59 heavy (non-hydrogen) atoms. The molecule has 15 nitrogen and oxygen atoms in total. The number of carbonyl (C=O) groups is 2. The van der Waals surface area contributed by atoms with Crippen LogP contribution in [0, 0.1) is 13.8 Å². The van der Waals surface area contributed by atoms with E-state index in [1.165, 1.54) is 18.7 Å². The normalized spacial score (nSPS) is 32.4. The van der Waals surface area contributed by atoms with E-state index in [-0.39, 0.29) is 43.5 Å². The van der Waals surface area contributed by atoms with Crippen molar-refractivity contribution >= 4 is 34.6 Å². The number of esters is 2. The van der Waals surface area contributed by atoms with E-state index >= 15 is 4.79 Å². The molecule has 6 N–H and O–H groups in total. The zero-order valence-corrected chi connectivity index (χ0v) is 34.5. The number of benzene rings is 3. The Morgan fingerprint density at radius 2 is 1.88 bits per heavy atom. The molecule has 8 aliphatic heterocycles. The Morgan fingerprint density at radius 1 is 1.08 bits per heavy atom. The topological polar surface area (TPSA) is 190 Å². The monoisotopic (exact) mass is 825 g/mol. The average Bonchev–Trinajstić information content (AvgIpc) is 3.90. The third kappa shape index (κ3) is 4.67. The molecule has 8 aliphatic rings. The van der Waals surface area contributed by atoms with E-state index in [9.17, 15) is 15.0 Å². The van der Waals surface area contributed by atoms with Crippen LogP contribution in [0.25, 0.3) is 10.9 Å². The Balaban J connectivity index is 1.17. The van der Waals surface area contributed by atoms with Crippen molar-refractivity contribution in [3.05, 3.63) is 68.9 Å². The average molecular weight is 826 g/mol. The number of nitrogens with two attached hydrogens (primary N) is 1. The second-order valence-corrected chi connectivity index (χ2v) is 18.3. The van der Waals surface area contributed by atoms with Crippen LogP contribution < -0.4 is 34.7 Å². The molecule has 9 atom stereocenters. The summed E-state index contributed by atoms with van der Waals surface area (Å²) in [5, 5.41) is 28.9. The van der Waals surface area contributed by atoms with Crippen LogP contribution >= 0.6 is 11.8 Å². The van der Waals surface area contributed by atoms with Crippen molar-refractivity contribution in [1.29, 1.82) is 0 Å². The first-order chi connectivity index (χ1) is 28.4. The molecule has 9 heterocycles. The molecular formula is C43H47N5O10S. The maximum atomic E-state index is 15.1. The molecule has 310 valence electrons. The van der Waals surface area contributed by atoms with Gasteiger partial charge in [-0.05, 0) is 74.6 Å². The molecule has 4 aromatic rings. The first-order valence-corrected chi connectivity index (χ1v) is 21.2. The minimum Gasteiger partial charge on any atom is -0.504 e. The van der Waals surface area contributed by atoms with Gasteiger partial charge >= 0.3 is 11.9 Å². The quantitative estimate of drug-likeness (QED) is 0.147. The van der Waals surface area contributed by atoms with E-state index < -0.39 is 52.6 Å². The van der Waals surface area contributed by atoms with Crippen molar-refractivity contribution < 1.29 is 48.2 Å². The first kappa shape index (κ1) is 37.3. The summed E-state index contributed by atoms with van der Waals surface area (Å²) in [5.74, 6) is 1.59. The van der Waals surface area contributed by atoms with Crippen molar-refractivity contribution in [3.63, 3.8) is 0 Å². The van der Waals surface area contributed by atoms with Gasteiger partial charge in [-0.2, -0.15) is 0 Å². The number of nitrogens with zero attached hydrogens (tertiary/aromatic N) is 2. The number of aromatic nitrogens is 1. The molecule has 1 aromatic heterocycles. The Kier molecular flexibility index (Phi) is 8.00. The number of aryl methyl sites for hydroxylation is 1. The fourth-order valence-corrected chi connectivity index (χ4v) is 13.5. The Morgan fingerprint density at radius 3 is 2.63 bits per heavy atom. The van der Waals surface area contributed by atoms with Crippen LogP contribution in [-0.2, 0) is 31.8 Å². The lowest BCUT2D eigenvalue weighted by atomic mass is 9.72. The van der Waals surface area contributed by atoms with Crippen molar-refractivity contribution in [1.82, 2.24) is 20.1 Å². The molecule has 0 saturated carbocycles. The summed E-state index contributed by atoms with van der Waals surface area (Å²) in [4.78, 5) is 36.2. The van der Waals surface area contributed by atoms with Crippen molar-refractivity contribution in [2.45, 2.75) is 93.3 Å². The number of methoxy groups -OCH3 is 2. The van der Waals surface area contributed by atoms with Crippen LogP contribution in [0.4, 0.5) is 0 Å². The number of ether oxygens (including phenoxy) is 6. The number of phenolic OH excluding ortho intramolecular Hbond substituents is 1. The van der Waals surface area contributed by atoms with Gasteiger partial charge in [0, 0.05) is 70.0 Å². The lowest BCUT2D eigenvalue weighted by molar-refractivity contribution is -0.249. The molecule has 12 rings (SSSR count). The summed E-state index contributed by atoms with van der Waals surface area (Å²) in [7, 11) is 3.19. The number of H-pyrrole nitrogens is 1. The number of rotatable bonds is 4. The highest BCUT2D eigenvalue weighted by atomic mass is 32.2. The second kappa shape index (κ2) is 12.7. The predicted octanol–water partition coefficient (Wildman–Crippen LogP) is 3.96. The number of hydrogen-bond acceptors (Lipinski definition) is 15. The summed E-state index contributed by atoms with van der Waals surface area (Å²) >= 11 is 1.52. The predicted molar refractivity (Wildman–Crippen MR) is 215 cm³/mol. The summed E-state index contributed by atoms with van der Waals surface area (Å²) < 4.78 is 36.5. The third-order valence-electron chi connectivity index (χ3n) is 14.2. The highest BCUT2D eigenvalue weighted by Crippen LogP contribution is 2.70.